The second-order valence-electron chi connectivity index (χ2n) is 5.05. The fourth-order valence-corrected chi connectivity index (χ4v) is 1.71. The van der Waals surface area contributed by atoms with Crippen molar-refractivity contribution >= 4 is 17.3 Å². The first-order valence-corrected chi connectivity index (χ1v) is 6.49. The van der Waals surface area contributed by atoms with E-state index < -0.39 is 0 Å². The normalized spacial score (nSPS) is 10.9. The molecule has 0 unspecified atom stereocenters. The third-order valence-electron chi connectivity index (χ3n) is 2.84. The molecule has 0 fully saturated rings. The number of ether oxygens (including phenoxy) is 1. The van der Waals surface area contributed by atoms with Crippen LogP contribution in [0, 0.1) is 0 Å². The number of nitrogen functional groups attached to an aromatic ring is 1. The lowest BCUT2D eigenvalue weighted by Crippen LogP contribution is -2.35. The molecule has 0 heterocycles. The fraction of sp³-hybridized carbons (Fsp3) is 0.500. The van der Waals surface area contributed by atoms with Gasteiger partial charge in [-0.2, -0.15) is 0 Å². The molecule has 0 saturated heterocycles. The van der Waals surface area contributed by atoms with Gasteiger partial charge in [0.15, 0.2) is 0 Å². The Morgan fingerprint density at radius 2 is 2.00 bits per heavy atom. The molecule has 0 aliphatic rings. The molecule has 1 amide bonds. The summed E-state index contributed by atoms with van der Waals surface area (Å²) in [5.41, 5.74) is 6.90. The van der Waals surface area contributed by atoms with Crippen LogP contribution >= 0.6 is 0 Å². The molecule has 1 rings (SSSR count). The molecule has 3 N–H and O–H groups in total. The van der Waals surface area contributed by atoms with Crippen molar-refractivity contribution in [1.29, 1.82) is 0 Å². The number of nitrogens with zero attached hydrogens (tertiary/aromatic N) is 2. The Morgan fingerprint density at radius 1 is 1.30 bits per heavy atom. The van der Waals surface area contributed by atoms with E-state index in [9.17, 15) is 4.79 Å². The zero-order chi connectivity index (χ0) is 15.1. The van der Waals surface area contributed by atoms with E-state index >= 15 is 0 Å². The van der Waals surface area contributed by atoms with Crippen LogP contribution in [0.15, 0.2) is 18.2 Å². The number of hydrogen-bond donors (Lipinski definition) is 2. The number of amides is 1. The van der Waals surface area contributed by atoms with Gasteiger partial charge in [0.2, 0.25) is 5.91 Å². The highest BCUT2D eigenvalue weighted by atomic mass is 16.5. The smallest absolute Gasteiger partial charge is 0.238 e. The minimum absolute atomic E-state index is 0.0878. The maximum atomic E-state index is 12.0. The molecule has 1 aromatic rings. The van der Waals surface area contributed by atoms with E-state index in [4.69, 9.17) is 10.5 Å². The van der Waals surface area contributed by atoms with Crippen LogP contribution in [0.5, 0.6) is 5.75 Å². The molecule has 0 aromatic heterocycles. The molecule has 0 saturated carbocycles. The Balaban J connectivity index is 2.55. The zero-order valence-corrected chi connectivity index (χ0v) is 12.6. The first-order valence-electron chi connectivity index (χ1n) is 6.49. The lowest BCUT2D eigenvalue weighted by molar-refractivity contribution is -0.117. The number of anilines is 2. The first kappa shape index (κ1) is 16.3. The Labute approximate surface area is 120 Å². The lowest BCUT2D eigenvalue weighted by Gasteiger charge is -2.19. The molecule has 6 heteroatoms. The van der Waals surface area contributed by atoms with Crippen molar-refractivity contribution in [1.82, 2.24) is 9.80 Å². The Morgan fingerprint density at radius 3 is 2.60 bits per heavy atom. The lowest BCUT2D eigenvalue weighted by atomic mass is 10.2. The highest BCUT2D eigenvalue weighted by Gasteiger charge is 2.10. The highest BCUT2D eigenvalue weighted by Crippen LogP contribution is 2.26. The Kier molecular flexibility index (Phi) is 6.27. The van der Waals surface area contributed by atoms with Gasteiger partial charge in [-0.15, -0.1) is 0 Å². The van der Waals surface area contributed by atoms with Crippen molar-refractivity contribution in [2.75, 3.05) is 58.9 Å². The molecule has 0 spiro atoms. The van der Waals surface area contributed by atoms with E-state index in [0.29, 0.717) is 23.7 Å². The van der Waals surface area contributed by atoms with Crippen LogP contribution < -0.4 is 15.8 Å². The van der Waals surface area contributed by atoms with Gasteiger partial charge in [0.05, 0.1) is 19.3 Å². The average molecular weight is 280 g/mol. The molecule has 6 nitrogen and oxygen atoms in total. The summed E-state index contributed by atoms with van der Waals surface area (Å²) in [5.74, 6) is 0.513. The molecule has 1 aromatic carbocycles. The van der Waals surface area contributed by atoms with E-state index in [1.807, 2.05) is 26.0 Å². The number of likely N-dealkylation sites (N-methyl/N-ethyl adjacent to an activating group) is 2. The van der Waals surface area contributed by atoms with Crippen molar-refractivity contribution in [2.45, 2.75) is 0 Å². The molecule has 0 bridgehead atoms. The summed E-state index contributed by atoms with van der Waals surface area (Å²) in [4.78, 5) is 16.0. The van der Waals surface area contributed by atoms with Gasteiger partial charge in [0, 0.05) is 18.8 Å². The van der Waals surface area contributed by atoms with Crippen LogP contribution in [-0.4, -0.2) is 63.6 Å². The number of benzene rings is 1. The molecule has 0 atom stereocenters. The van der Waals surface area contributed by atoms with Gasteiger partial charge >= 0.3 is 0 Å². The standard InChI is InChI=1S/C14H24N4O2/c1-17(2)7-8-18(3)10-14(19)16-12-9-11(15)5-6-13(12)20-4/h5-6,9H,7-8,10,15H2,1-4H3,(H,16,19). The molecule has 0 aliphatic carbocycles. The average Bonchev–Trinajstić information content (AvgIpc) is 2.36. The number of nitrogens with one attached hydrogen (secondary N) is 1. The summed E-state index contributed by atoms with van der Waals surface area (Å²) in [5, 5.41) is 2.82. The second-order valence-corrected chi connectivity index (χ2v) is 5.05. The fourth-order valence-electron chi connectivity index (χ4n) is 1.71. The van der Waals surface area contributed by atoms with Crippen LogP contribution in [0.4, 0.5) is 11.4 Å². The second kappa shape index (κ2) is 7.72. The number of methoxy groups -OCH3 is 1. The van der Waals surface area contributed by atoms with Crippen LogP contribution in [-0.2, 0) is 4.79 Å². The Hall–Kier alpha value is -1.79. The highest BCUT2D eigenvalue weighted by molar-refractivity contribution is 5.94. The number of nitrogens with two attached hydrogens (primary N) is 1. The number of hydrogen-bond acceptors (Lipinski definition) is 5. The van der Waals surface area contributed by atoms with Crippen molar-refractivity contribution in [3.05, 3.63) is 18.2 Å². The summed E-state index contributed by atoms with van der Waals surface area (Å²) in [7, 11) is 7.49. The molecular formula is C14H24N4O2. The van der Waals surface area contributed by atoms with Gasteiger partial charge in [-0.25, -0.2) is 0 Å². The summed E-state index contributed by atoms with van der Waals surface area (Å²) in [6.07, 6.45) is 0. The molecule has 0 radical (unpaired) electrons. The SMILES string of the molecule is COc1ccc(N)cc1NC(=O)CN(C)CCN(C)C. The number of carbonyl (C=O) groups excluding carboxylic acids is 1. The van der Waals surface area contributed by atoms with E-state index in [1.54, 1.807) is 25.3 Å². The van der Waals surface area contributed by atoms with Gasteiger partial charge in [-0.3, -0.25) is 9.69 Å². The minimum Gasteiger partial charge on any atom is -0.495 e. The molecular weight excluding hydrogens is 256 g/mol. The van der Waals surface area contributed by atoms with Crippen molar-refractivity contribution in [2.24, 2.45) is 0 Å². The summed E-state index contributed by atoms with van der Waals surface area (Å²) in [6.45, 7) is 2.06. The van der Waals surface area contributed by atoms with Crippen molar-refractivity contribution in [3.63, 3.8) is 0 Å². The van der Waals surface area contributed by atoms with Crippen LogP contribution in [0.3, 0.4) is 0 Å². The van der Waals surface area contributed by atoms with Crippen LogP contribution in [0.2, 0.25) is 0 Å². The van der Waals surface area contributed by atoms with Crippen LogP contribution in [0.1, 0.15) is 0 Å². The minimum atomic E-state index is -0.0878. The zero-order valence-electron chi connectivity index (χ0n) is 12.6. The van der Waals surface area contributed by atoms with Gasteiger partial charge in [-0.1, -0.05) is 0 Å². The van der Waals surface area contributed by atoms with E-state index in [-0.39, 0.29) is 5.91 Å². The summed E-state index contributed by atoms with van der Waals surface area (Å²) >= 11 is 0. The maximum absolute atomic E-state index is 12.0. The van der Waals surface area contributed by atoms with Crippen LogP contribution in [0.25, 0.3) is 0 Å². The number of carbonyl (C=O) groups is 1. The monoisotopic (exact) mass is 280 g/mol. The largest absolute Gasteiger partial charge is 0.495 e. The third-order valence-corrected chi connectivity index (χ3v) is 2.84. The van der Waals surface area contributed by atoms with Crippen molar-refractivity contribution < 1.29 is 9.53 Å². The number of rotatable bonds is 7. The van der Waals surface area contributed by atoms with Crippen molar-refractivity contribution in [3.8, 4) is 5.75 Å². The quantitative estimate of drug-likeness (QED) is 0.720. The predicted octanol–water partition coefficient (Wildman–Crippen LogP) is 0.709. The van der Waals surface area contributed by atoms with Gasteiger partial charge < -0.3 is 20.7 Å². The third kappa shape index (κ3) is 5.46. The summed E-state index contributed by atoms with van der Waals surface area (Å²) in [6, 6.07) is 5.16. The van der Waals surface area contributed by atoms with Gasteiger partial charge in [-0.05, 0) is 39.3 Å². The maximum Gasteiger partial charge on any atom is 0.238 e. The molecule has 112 valence electrons. The predicted molar refractivity (Wildman–Crippen MR) is 82.1 cm³/mol. The van der Waals surface area contributed by atoms with Gasteiger partial charge in [0.25, 0.3) is 0 Å². The van der Waals surface area contributed by atoms with Gasteiger partial charge in [0.1, 0.15) is 5.75 Å². The molecule has 20 heavy (non-hydrogen) atoms. The Bertz CT molecular complexity index is 449. The molecule has 0 aliphatic heterocycles. The summed E-state index contributed by atoms with van der Waals surface area (Å²) < 4.78 is 5.19. The van der Waals surface area contributed by atoms with E-state index in [1.165, 1.54) is 0 Å². The van der Waals surface area contributed by atoms with E-state index in [0.717, 1.165) is 13.1 Å². The first-order chi connectivity index (χ1) is 9.42. The topological polar surface area (TPSA) is 70.8 Å². The van der Waals surface area contributed by atoms with E-state index in [2.05, 4.69) is 10.2 Å².